The molecule has 0 unspecified atom stereocenters. The number of phenolic OH excluding ortho intramolecular Hbond substituents is 4. The van der Waals surface area contributed by atoms with Crippen molar-refractivity contribution in [1.29, 1.82) is 0 Å². The maximum atomic E-state index is 10.8. The van der Waals surface area contributed by atoms with Crippen molar-refractivity contribution in [3.05, 3.63) is 107 Å². The molecule has 0 radical (unpaired) electrons. The number of carboxylic acid groups (broad SMARTS) is 4. The van der Waals surface area contributed by atoms with Gasteiger partial charge in [-0.25, -0.2) is 9.59 Å². The van der Waals surface area contributed by atoms with Crippen LogP contribution in [0, 0.1) is 0 Å². The molecule has 0 amide bonds. The summed E-state index contributed by atoms with van der Waals surface area (Å²) in [5, 5.41) is 94.2. The van der Waals surface area contributed by atoms with E-state index in [0.717, 1.165) is 18.2 Å². The topological polar surface area (TPSA) is 291 Å². The molecule has 0 aromatic heterocycles. The number of aromatic carboxylic acids is 1. The zero-order valence-corrected chi connectivity index (χ0v) is 37.1. The molecule has 6 N–H and O–H groups in total. The fourth-order valence-electron chi connectivity index (χ4n) is 3.01. The number of hydrogen-bond donors (Lipinski definition) is 6. The van der Waals surface area contributed by atoms with E-state index in [1.165, 1.54) is 72.8 Å². The number of halogens is 1. The molecule has 0 aliphatic carbocycles. The summed E-state index contributed by atoms with van der Waals surface area (Å²) in [7, 11) is 0. The second kappa shape index (κ2) is 29.8. The predicted octanol–water partition coefficient (Wildman–Crippen LogP) is -11.4. The summed E-state index contributed by atoms with van der Waals surface area (Å²) >= 11 is 5.46. The van der Waals surface area contributed by atoms with Crippen LogP contribution in [0.15, 0.2) is 84.9 Å². The minimum atomic E-state index is -1.27. The predicted molar refractivity (Wildman–Crippen MR) is 159 cm³/mol. The molecule has 4 aromatic rings. The first-order chi connectivity index (χ1) is 22.5. The Kier molecular flexibility index (Phi) is 32.2. The fourth-order valence-corrected chi connectivity index (χ4v) is 3.18. The van der Waals surface area contributed by atoms with Gasteiger partial charge in [0.2, 0.25) is 0 Å². The summed E-state index contributed by atoms with van der Waals surface area (Å²) < 4.78 is 4.75. The monoisotopic (exact) mass is 776 g/mol. The fraction of sp³-hybridized carbons (Fsp3) is 0.0625. The molecule has 0 aliphatic heterocycles. The summed E-state index contributed by atoms with van der Waals surface area (Å²) in [4.78, 5) is 40.5. The molecule has 20 heteroatoms. The minimum Gasteiger partial charge on any atom is -0.872 e. The van der Waals surface area contributed by atoms with Gasteiger partial charge in [-0.2, -0.15) is 0 Å². The van der Waals surface area contributed by atoms with E-state index >= 15 is 0 Å². The number of aliphatic carboxylic acids is 3. The Hall–Kier alpha value is -2.61. The molecule has 0 saturated carbocycles. The van der Waals surface area contributed by atoms with Crippen LogP contribution in [-0.2, 0) is 20.8 Å². The summed E-state index contributed by atoms with van der Waals surface area (Å²) in [6.45, 7) is -0.481. The van der Waals surface area contributed by atoms with Crippen LogP contribution in [0.3, 0.4) is 0 Å². The van der Waals surface area contributed by atoms with Gasteiger partial charge in [0.25, 0.3) is 0 Å². The third kappa shape index (κ3) is 24.6. The number of carbonyl (C=O) groups excluding carboxylic acids is 2. The van der Waals surface area contributed by atoms with E-state index in [2.05, 4.69) is 0 Å². The van der Waals surface area contributed by atoms with E-state index in [4.69, 9.17) is 47.0 Å². The van der Waals surface area contributed by atoms with Crippen molar-refractivity contribution in [1.82, 2.24) is 0 Å². The van der Waals surface area contributed by atoms with E-state index in [-0.39, 0.29) is 158 Å². The number of rotatable bonds is 8. The molecule has 0 bridgehead atoms. The van der Waals surface area contributed by atoms with Gasteiger partial charge in [-0.15, -0.1) is 0 Å². The summed E-state index contributed by atoms with van der Waals surface area (Å²) in [5.74, 6) is -6.31. The van der Waals surface area contributed by atoms with Crippen molar-refractivity contribution < 1.29 is 193 Å². The van der Waals surface area contributed by atoms with Gasteiger partial charge in [-0.1, -0.05) is 47.4 Å². The van der Waals surface area contributed by atoms with E-state index in [9.17, 15) is 39.6 Å². The second-order valence-corrected chi connectivity index (χ2v) is 9.31. The van der Waals surface area contributed by atoms with Crippen LogP contribution in [0.25, 0.3) is 6.08 Å². The van der Waals surface area contributed by atoms with E-state index in [1.54, 1.807) is 0 Å². The zero-order valence-electron chi connectivity index (χ0n) is 28.3. The molecule has 0 aliphatic rings. The molecule has 0 fully saturated rings. The standard InChI is InChI=1S/C9H8O4.2C8H8O4.C7H5ClO3.4Na/c10-7-3-1-6(5-8(7)11)2-4-9(12)13;9-6-1-3-7(4-2-6)12-5-8(10)11;9-6-2-1-5(3-7(6)10)4-8(11)12;8-4-1-2-6(9)5(3-4)7(10)11;;;;/h1-5,10-11H,(H,12,13);1-4,9H,5H2,(H,10,11);1-3,9-10H,4H2,(H,11,12);1-3,9H,(H,10,11);;;;/q;;;;4*+1/p-4. The molecule has 0 spiro atoms. The average molecular weight is 777 g/mol. The minimum absolute atomic E-state index is 0. The Bertz CT molecular complexity index is 1750. The van der Waals surface area contributed by atoms with E-state index in [0.29, 0.717) is 16.9 Å². The Labute approximate surface area is 390 Å². The van der Waals surface area contributed by atoms with E-state index in [1.807, 2.05) is 0 Å². The second-order valence-electron chi connectivity index (χ2n) is 8.87. The Morgan fingerprint density at radius 1 is 0.673 bits per heavy atom. The van der Waals surface area contributed by atoms with Crippen LogP contribution in [0.2, 0.25) is 5.02 Å². The van der Waals surface area contributed by atoms with Crippen molar-refractivity contribution in [2.75, 3.05) is 6.61 Å². The average Bonchev–Trinajstić information content (AvgIpc) is 3.01. The smallest absolute Gasteiger partial charge is 0.872 e. The molecule has 4 rings (SSSR count). The van der Waals surface area contributed by atoms with Gasteiger partial charge >= 0.3 is 130 Å². The third-order valence-electron chi connectivity index (χ3n) is 5.16. The van der Waals surface area contributed by atoms with Gasteiger partial charge in [0.05, 0.1) is 11.5 Å². The normalized spacial score (nSPS) is 9.02. The Balaban J connectivity index is -0.000000288. The summed E-state index contributed by atoms with van der Waals surface area (Å²) in [6.07, 6.45) is 1.95. The van der Waals surface area contributed by atoms with Gasteiger partial charge in [-0.3, -0.25) is 0 Å². The number of carbonyl (C=O) groups is 4. The first-order valence-electron chi connectivity index (χ1n) is 12.9. The van der Waals surface area contributed by atoms with Gasteiger partial charge < -0.3 is 65.4 Å². The maximum Gasteiger partial charge on any atom is 1.00 e. The van der Waals surface area contributed by atoms with Crippen molar-refractivity contribution >= 4 is 41.6 Å². The van der Waals surface area contributed by atoms with Crippen LogP contribution >= 0.6 is 11.6 Å². The molecular formula is C32H25ClNa4O15. The molecule has 15 nitrogen and oxygen atoms in total. The van der Waals surface area contributed by atoms with Gasteiger partial charge in [-0.05, 0) is 71.8 Å². The molecule has 4 aromatic carbocycles. The van der Waals surface area contributed by atoms with Crippen molar-refractivity contribution in [3.63, 3.8) is 0 Å². The number of carboxylic acids is 4. The number of hydrogen-bond acceptors (Lipinski definition) is 13. The van der Waals surface area contributed by atoms with Gasteiger partial charge in [0, 0.05) is 23.5 Å². The summed E-state index contributed by atoms with van der Waals surface area (Å²) in [6, 6.07) is 17.0. The molecule has 0 atom stereocenters. The zero-order chi connectivity index (χ0) is 36.4. The van der Waals surface area contributed by atoms with Crippen molar-refractivity contribution in [2.24, 2.45) is 0 Å². The van der Waals surface area contributed by atoms with Crippen LogP contribution in [0.5, 0.6) is 40.2 Å². The largest absolute Gasteiger partial charge is 1.00 e. The SMILES string of the molecule is O=C(O)C=Cc1ccc([O-])c(O)c1.O=C(O)c1cc(Cl)ccc1[O-].O=C([O-])COc1ccc(O)cc1.O=C([O-])Cc1ccc(O)c(O)c1.[Na+].[Na+].[Na+].[Na+]. The van der Waals surface area contributed by atoms with Gasteiger partial charge in [0.15, 0.2) is 11.5 Å². The van der Waals surface area contributed by atoms with Gasteiger partial charge in [0.1, 0.15) is 23.9 Å². The van der Waals surface area contributed by atoms with E-state index < -0.39 is 42.0 Å². The number of aromatic hydroxyl groups is 4. The van der Waals surface area contributed by atoms with Crippen LogP contribution < -0.4 is 143 Å². The first kappa shape index (κ1) is 56.1. The Morgan fingerprint density at radius 3 is 1.71 bits per heavy atom. The molecule has 0 saturated heterocycles. The molecule has 254 valence electrons. The van der Waals surface area contributed by atoms with Crippen LogP contribution in [0.4, 0.5) is 0 Å². The molecule has 0 heterocycles. The van der Waals surface area contributed by atoms with Crippen molar-refractivity contribution in [3.8, 4) is 40.2 Å². The molecular weight excluding hydrogens is 752 g/mol. The maximum absolute atomic E-state index is 10.8. The van der Waals surface area contributed by atoms with Crippen molar-refractivity contribution in [2.45, 2.75) is 6.42 Å². The number of ether oxygens (including phenoxy) is 1. The Morgan fingerprint density at radius 2 is 1.25 bits per heavy atom. The first-order valence-corrected chi connectivity index (χ1v) is 13.3. The summed E-state index contributed by atoms with van der Waals surface area (Å²) in [5.41, 5.74) is 0.572. The quantitative estimate of drug-likeness (QED) is 0.0550. The third-order valence-corrected chi connectivity index (χ3v) is 5.39. The van der Waals surface area contributed by atoms with Crippen LogP contribution in [-0.4, -0.2) is 61.1 Å². The molecule has 52 heavy (non-hydrogen) atoms. The van der Waals surface area contributed by atoms with Crippen LogP contribution in [0.1, 0.15) is 21.5 Å². The number of benzene rings is 4. The number of phenols is 4.